The summed E-state index contributed by atoms with van der Waals surface area (Å²) in [6, 6.07) is 8.75. The molecule has 12 nitrogen and oxygen atoms in total. The molecule has 2 aromatic rings. The van der Waals surface area contributed by atoms with Crippen LogP contribution in [-0.4, -0.2) is 70.0 Å². The van der Waals surface area contributed by atoms with Gasteiger partial charge in [0.05, 0.1) is 31.5 Å². The number of carbonyl (C=O) groups is 2. The number of anilines is 2. The molecule has 1 atom stereocenters. The van der Waals surface area contributed by atoms with Crippen LogP contribution in [0.1, 0.15) is 38.2 Å². The minimum atomic E-state index is -4.27. The molecule has 2 aliphatic heterocycles. The first-order chi connectivity index (χ1) is 18.9. The Hall–Kier alpha value is -3.56. The predicted molar refractivity (Wildman–Crippen MR) is 146 cm³/mol. The number of sulfonamides is 2. The Morgan fingerprint density at radius 2 is 1.93 bits per heavy atom. The van der Waals surface area contributed by atoms with Crippen molar-refractivity contribution in [2.75, 3.05) is 29.4 Å². The van der Waals surface area contributed by atoms with E-state index in [-0.39, 0.29) is 35.3 Å². The van der Waals surface area contributed by atoms with E-state index in [2.05, 4.69) is 14.4 Å². The Bertz CT molecular complexity index is 1530. The van der Waals surface area contributed by atoms with Crippen molar-refractivity contribution in [2.45, 2.75) is 50.1 Å². The van der Waals surface area contributed by atoms with Crippen LogP contribution in [0.3, 0.4) is 0 Å². The zero-order valence-corrected chi connectivity index (χ0v) is 23.6. The average Bonchev–Trinajstić information content (AvgIpc) is 2.87. The molecular formula is C25H30FN5O7S2. The van der Waals surface area contributed by atoms with E-state index in [1.165, 1.54) is 41.4 Å². The molecule has 216 valence electrons. The second-order valence-electron chi connectivity index (χ2n) is 9.40. The number of nitrogens with zero attached hydrogens (tertiary/aromatic N) is 3. The quantitative estimate of drug-likeness (QED) is 0.416. The molecule has 2 N–H and O–H groups in total. The van der Waals surface area contributed by atoms with E-state index >= 15 is 0 Å². The molecule has 1 fully saturated rings. The lowest BCUT2D eigenvalue weighted by atomic mass is 10.0. The third-order valence-corrected chi connectivity index (χ3v) is 8.23. The van der Waals surface area contributed by atoms with Gasteiger partial charge in [0.25, 0.3) is 10.0 Å². The van der Waals surface area contributed by atoms with Crippen LogP contribution >= 0.6 is 0 Å². The number of fused-ring (bicyclic) bond motifs is 1. The van der Waals surface area contributed by atoms with Gasteiger partial charge in [-0.15, -0.1) is 4.40 Å². The summed E-state index contributed by atoms with van der Waals surface area (Å²) in [4.78, 5) is 26.2. The van der Waals surface area contributed by atoms with Gasteiger partial charge >= 0.3 is 5.97 Å². The summed E-state index contributed by atoms with van der Waals surface area (Å²) >= 11 is 0. The number of amidine groups is 1. The number of carbonyl (C=O) groups excluding carboxylic acids is 2. The van der Waals surface area contributed by atoms with Crippen molar-refractivity contribution in [1.82, 2.24) is 10.0 Å². The maximum atomic E-state index is 13.7. The highest BCUT2D eigenvalue weighted by atomic mass is 32.2. The molecule has 0 aromatic heterocycles. The van der Waals surface area contributed by atoms with Gasteiger partial charge in [-0.1, -0.05) is 12.1 Å². The third kappa shape index (κ3) is 7.14. The number of rotatable bonds is 9. The molecule has 0 bridgehead atoms. The van der Waals surface area contributed by atoms with Gasteiger partial charge in [-0.25, -0.2) is 17.8 Å². The van der Waals surface area contributed by atoms with E-state index in [4.69, 9.17) is 4.74 Å². The Morgan fingerprint density at radius 3 is 2.60 bits per heavy atom. The molecule has 1 saturated heterocycles. The maximum Gasteiger partial charge on any atom is 0.325 e. The fourth-order valence-electron chi connectivity index (χ4n) is 4.57. The zero-order chi connectivity index (χ0) is 29.1. The average molecular weight is 596 g/mol. The van der Waals surface area contributed by atoms with E-state index in [1.54, 1.807) is 11.9 Å². The predicted octanol–water partition coefficient (Wildman–Crippen LogP) is 2.46. The summed E-state index contributed by atoms with van der Waals surface area (Å²) in [5, 5.41) is 5.83. The van der Waals surface area contributed by atoms with Crippen LogP contribution in [0.15, 0.2) is 51.8 Å². The summed E-state index contributed by atoms with van der Waals surface area (Å²) in [6.07, 6.45) is 2.44. The number of nitrogens with one attached hydrogen (secondary N) is 2. The first-order valence-electron chi connectivity index (χ1n) is 12.6. The summed E-state index contributed by atoms with van der Waals surface area (Å²) < 4.78 is 73.7. The van der Waals surface area contributed by atoms with Crippen LogP contribution in [0.4, 0.5) is 15.8 Å². The molecule has 15 heteroatoms. The van der Waals surface area contributed by atoms with E-state index in [1.807, 2.05) is 0 Å². The number of halogens is 1. The van der Waals surface area contributed by atoms with Crippen molar-refractivity contribution in [3.63, 3.8) is 0 Å². The molecule has 1 unspecified atom stereocenters. The summed E-state index contributed by atoms with van der Waals surface area (Å²) in [5.74, 6) is -1.60. The number of benzene rings is 2. The largest absolute Gasteiger partial charge is 0.465 e. The highest BCUT2D eigenvalue weighted by Crippen LogP contribution is 2.31. The number of hydrogen-bond acceptors (Lipinski definition) is 9. The molecule has 2 heterocycles. The standard InChI is InChI=1S/C25H30FN5O7S2/c1-3-38-25(33)21-6-4-5-13-30(21)31(16-17-7-9-18(26)10-8-17)24(32)15-23-27-20-12-11-19(28-39(2,34)35)14-22(20)40(36,37)29-23/h7-12,14,21,28H,3-6,13,15-16H2,1-2H3,(H,27,29). The second kappa shape index (κ2) is 11.9. The Balaban J connectivity index is 1.62. The Morgan fingerprint density at radius 1 is 1.20 bits per heavy atom. The fraction of sp³-hybridized carbons (Fsp3) is 0.400. The number of amides is 1. The van der Waals surface area contributed by atoms with Crippen molar-refractivity contribution in [3.8, 4) is 0 Å². The first-order valence-corrected chi connectivity index (χ1v) is 15.9. The van der Waals surface area contributed by atoms with Gasteiger partial charge in [0.15, 0.2) is 0 Å². The number of hydrogen-bond donors (Lipinski definition) is 2. The molecule has 1 amide bonds. The summed E-state index contributed by atoms with van der Waals surface area (Å²) in [7, 11) is -7.91. The molecule has 0 aliphatic carbocycles. The van der Waals surface area contributed by atoms with Crippen LogP contribution < -0.4 is 10.0 Å². The van der Waals surface area contributed by atoms with Gasteiger partial charge < -0.3 is 10.1 Å². The molecule has 4 rings (SSSR count). The van der Waals surface area contributed by atoms with Crippen molar-refractivity contribution in [3.05, 3.63) is 53.8 Å². The van der Waals surface area contributed by atoms with Gasteiger partial charge in [-0.3, -0.25) is 19.3 Å². The molecule has 0 saturated carbocycles. The van der Waals surface area contributed by atoms with Gasteiger partial charge in [-0.2, -0.15) is 8.42 Å². The van der Waals surface area contributed by atoms with Gasteiger partial charge in [0, 0.05) is 12.2 Å². The molecule has 2 aromatic carbocycles. The minimum Gasteiger partial charge on any atom is -0.465 e. The second-order valence-corrected chi connectivity index (χ2v) is 12.7. The van der Waals surface area contributed by atoms with E-state index in [9.17, 15) is 30.8 Å². The lowest BCUT2D eigenvalue weighted by Crippen LogP contribution is -2.56. The third-order valence-electron chi connectivity index (χ3n) is 6.27. The monoisotopic (exact) mass is 595 g/mol. The maximum absolute atomic E-state index is 13.7. The zero-order valence-electron chi connectivity index (χ0n) is 22.0. The summed E-state index contributed by atoms with van der Waals surface area (Å²) in [6.45, 7) is 2.26. The number of ether oxygens (including phenoxy) is 1. The van der Waals surface area contributed by atoms with Crippen molar-refractivity contribution in [1.29, 1.82) is 0 Å². The number of piperidine rings is 1. The topological polar surface area (TPSA) is 155 Å². The van der Waals surface area contributed by atoms with E-state index in [0.29, 0.717) is 24.9 Å². The smallest absolute Gasteiger partial charge is 0.325 e. The summed E-state index contributed by atoms with van der Waals surface area (Å²) in [5.41, 5.74) is 0.775. The van der Waals surface area contributed by atoms with Crippen molar-refractivity contribution in [2.24, 2.45) is 4.40 Å². The molecule has 40 heavy (non-hydrogen) atoms. The van der Waals surface area contributed by atoms with Gasteiger partial charge in [-0.05, 0) is 62.1 Å². The molecule has 0 radical (unpaired) electrons. The lowest BCUT2D eigenvalue weighted by Gasteiger charge is -2.42. The lowest BCUT2D eigenvalue weighted by molar-refractivity contribution is -0.172. The van der Waals surface area contributed by atoms with Crippen LogP contribution in [-0.2, 0) is 40.9 Å². The van der Waals surface area contributed by atoms with E-state index in [0.717, 1.165) is 18.7 Å². The normalized spacial score (nSPS) is 18.6. The molecule has 2 aliphatic rings. The fourth-order valence-corrected chi connectivity index (χ4v) is 6.30. The SMILES string of the molecule is CCOC(=O)C1CCCCN1N(Cc1ccc(F)cc1)C(=O)CC1=NS(=O)(=O)c2cc(NS(C)(=O)=O)ccc2N1. The van der Waals surface area contributed by atoms with Crippen molar-refractivity contribution >= 4 is 49.1 Å². The first kappa shape index (κ1) is 29.4. The number of hydrazine groups is 1. The van der Waals surface area contributed by atoms with Crippen LogP contribution in [0.2, 0.25) is 0 Å². The molecular weight excluding hydrogens is 565 g/mol. The van der Waals surface area contributed by atoms with Crippen LogP contribution in [0, 0.1) is 5.82 Å². The number of esters is 1. The van der Waals surface area contributed by atoms with Crippen LogP contribution in [0.5, 0.6) is 0 Å². The molecule has 0 spiro atoms. The highest BCUT2D eigenvalue weighted by molar-refractivity contribution is 7.92. The minimum absolute atomic E-state index is 0.00611. The van der Waals surface area contributed by atoms with Gasteiger partial charge in [0.2, 0.25) is 15.9 Å². The van der Waals surface area contributed by atoms with Gasteiger partial charge in [0.1, 0.15) is 22.6 Å². The Kier molecular flexibility index (Phi) is 8.75. The van der Waals surface area contributed by atoms with E-state index < -0.39 is 50.2 Å². The van der Waals surface area contributed by atoms with Crippen molar-refractivity contribution < 1.29 is 35.6 Å². The highest BCUT2D eigenvalue weighted by Gasteiger charge is 2.37. The Labute approximate surface area is 232 Å². The van der Waals surface area contributed by atoms with Crippen LogP contribution in [0.25, 0.3) is 0 Å².